The van der Waals surface area contributed by atoms with E-state index in [4.69, 9.17) is 15.2 Å². The Morgan fingerprint density at radius 3 is 2.65 bits per heavy atom. The van der Waals surface area contributed by atoms with Gasteiger partial charge in [0.25, 0.3) is 0 Å². The first-order valence-electron chi connectivity index (χ1n) is 8.93. The van der Waals surface area contributed by atoms with Gasteiger partial charge in [0.2, 0.25) is 0 Å². The zero-order valence-electron chi connectivity index (χ0n) is 14.5. The van der Waals surface area contributed by atoms with Gasteiger partial charge in [0.15, 0.2) is 0 Å². The third-order valence-corrected chi connectivity index (χ3v) is 5.62. The molecule has 4 heteroatoms. The number of nitrogens with zero attached hydrogens (tertiary/aromatic N) is 1. The predicted molar refractivity (Wildman–Crippen MR) is 94.4 cm³/mol. The van der Waals surface area contributed by atoms with Crippen LogP contribution in [0.25, 0.3) is 0 Å². The number of hydrogen-bond donors (Lipinski definition) is 1. The first-order chi connectivity index (χ1) is 11.2. The first kappa shape index (κ1) is 16.4. The Balaban J connectivity index is 1.62. The van der Waals surface area contributed by atoms with Crippen LogP contribution in [0.1, 0.15) is 38.5 Å². The van der Waals surface area contributed by atoms with Crippen LogP contribution in [0, 0.1) is 11.8 Å². The number of anilines is 1. The summed E-state index contributed by atoms with van der Waals surface area (Å²) in [6.07, 6.45) is 7.79. The quantitative estimate of drug-likeness (QED) is 0.873. The van der Waals surface area contributed by atoms with Gasteiger partial charge < -0.3 is 20.1 Å². The molecule has 2 fully saturated rings. The maximum atomic E-state index is 6.48. The van der Waals surface area contributed by atoms with Gasteiger partial charge in [-0.2, -0.15) is 0 Å². The third kappa shape index (κ3) is 3.74. The zero-order chi connectivity index (χ0) is 16.2. The Hall–Kier alpha value is -1.42. The van der Waals surface area contributed by atoms with Crippen LogP contribution in [0.2, 0.25) is 0 Å². The van der Waals surface area contributed by atoms with Gasteiger partial charge in [0.1, 0.15) is 11.5 Å². The molecule has 0 aromatic heterocycles. The van der Waals surface area contributed by atoms with Gasteiger partial charge in [-0.05, 0) is 49.7 Å². The van der Waals surface area contributed by atoms with Gasteiger partial charge in [-0.25, -0.2) is 0 Å². The predicted octanol–water partition coefficient (Wildman–Crippen LogP) is 3.44. The van der Waals surface area contributed by atoms with Crippen molar-refractivity contribution in [2.45, 2.75) is 44.6 Å². The van der Waals surface area contributed by atoms with Crippen LogP contribution in [0.5, 0.6) is 11.5 Å². The van der Waals surface area contributed by atoms with Crippen LogP contribution in [0.4, 0.5) is 5.69 Å². The summed E-state index contributed by atoms with van der Waals surface area (Å²) in [5, 5.41) is 0. The molecule has 0 amide bonds. The topological polar surface area (TPSA) is 47.7 Å². The third-order valence-electron chi connectivity index (χ3n) is 5.62. The lowest BCUT2D eigenvalue weighted by molar-refractivity contribution is 0.357. The van der Waals surface area contributed by atoms with Crippen molar-refractivity contribution in [3.8, 4) is 11.5 Å². The highest BCUT2D eigenvalue weighted by atomic mass is 16.5. The molecule has 1 heterocycles. The maximum Gasteiger partial charge on any atom is 0.142 e. The Morgan fingerprint density at radius 1 is 1.17 bits per heavy atom. The molecule has 1 saturated heterocycles. The Kier molecular flexibility index (Phi) is 5.31. The van der Waals surface area contributed by atoms with Gasteiger partial charge >= 0.3 is 0 Å². The molecule has 0 spiro atoms. The average molecular weight is 318 g/mol. The van der Waals surface area contributed by atoms with E-state index in [0.717, 1.165) is 42.6 Å². The number of nitrogens with two attached hydrogens (primary N) is 1. The normalized spacial score (nSPS) is 23.3. The molecule has 2 N–H and O–H groups in total. The summed E-state index contributed by atoms with van der Waals surface area (Å²) in [5.41, 5.74) is 7.62. The minimum absolute atomic E-state index is 0.384. The van der Waals surface area contributed by atoms with E-state index < -0.39 is 0 Å². The molecule has 2 unspecified atom stereocenters. The molecule has 3 rings (SSSR count). The van der Waals surface area contributed by atoms with E-state index in [9.17, 15) is 0 Å². The van der Waals surface area contributed by atoms with Crippen LogP contribution in [0.15, 0.2) is 18.2 Å². The fourth-order valence-electron chi connectivity index (χ4n) is 4.25. The van der Waals surface area contributed by atoms with Gasteiger partial charge in [-0.1, -0.05) is 12.8 Å². The SMILES string of the molecule is COc1ccc(OC)c(N2CCC(CC(N)C3CCCC3)C2)c1. The second kappa shape index (κ2) is 7.43. The highest BCUT2D eigenvalue weighted by molar-refractivity contribution is 5.62. The Labute approximate surface area is 139 Å². The lowest BCUT2D eigenvalue weighted by Crippen LogP contribution is -2.31. The smallest absolute Gasteiger partial charge is 0.142 e. The molecular weight excluding hydrogens is 288 g/mol. The summed E-state index contributed by atoms with van der Waals surface area (Å²) < 4.78 is 10.9. The van der Waals surface area contributed by atoms with E-state index in [2.05, 4.69) is 11.0 Å². The molecule has 1 aliphatic heterocycles. The van der Waals surface area contributed by atoms with Crippen molar-refractivity contribution in [3.05, 3.63) is 18.2 Å². The number of benzene rings is 1. The van der Waals surface area contributed by atoms with Crippen molar-refractivity contribution in [2.75, 3.05) is 32.2 Å². The molecule has 1 aromatic carbocycles. The lowest BCUT2D eigenvalue weighted by Gasteiger charge is -2.24. The second-order valence-corrected chi connectivity index (χ2v) is 7.08. The molecule has 4 nitrogen and oxygen atoms in total. The molecule has 2 aliphatic rings. The second-order valence-electron chi connectivity index (χ2n) is 7.08. The van der Waals surface area contributed by atoms with Crippen LogP contribution < -0.4 is 20.1 Å². The number of ether oxygens (including phenoxy) is 2. The van der Waals surface area contributed by atoms with Crippen molar-refractivity contribution in [3.63, 3.8) is 0 Å². The molecule has 0 bridgehead atoms. The van der Waals surface area contributed by atoms with E-state index in [1.807, 2.05) is 12.1 Å². The molecule has 1 aromatic rings. The highest BCUT2D eigenvalue weighted by Gasteiger charge is 2.29. The number of rotatable bonds is 6. The summed E-state index contributed by atoms with van der Waals surface area (Å²) in [4.78, 5) is 2.42. The fraction of sp³-hybridized carbons (Fsp3) is 0.684. The summed E-state index contributed by atoms with van der Waals surface area (Å²) in [5.74, 6) is 3.26. The van der Waals surface area contributed by atoms with E-state index >= 15 is 0 Å². The van der Waals surface area contributed by atoms with E-state index in [1.165, 1.54) is 32.1 Å². The summed E-state index contributed by atoms with van der Waals surface area (Å²) in [7, 11) is 3.44. The van der Waals surface area contributed by atoms with Crippen LogP contribution >= 0.6 is 0 Å². The lowest BCUT2D eigenvalue weighted by atomic mass is 9.89. The number of hydrogen-bond acceptors (Lipinski definition) is 4. The molecule has 1 saturated carbocycles. The van der Waals surface area contributed by atoms with E-state index in [0.29, 0.717) is 12.0 Å². The van der Waals surface area contributed by atoms with Gasteiger partial charge in [-0.3, -0.25) is 0 Å². The largest absolute Gasteiger partial charge is 0.497 e. The summed E-state index contributed by atoms with van der Waals surface area (Å²) in [6.45, 7) is 2.15. The monoisotopic (exact) mass is 318 g/mol. The zero-order valence-corrected chi connectivity index (χ0v) is 14.5. The molecule has 1 aliphatic carbocycles. The van der Waals surface area contributed by atoms with Crippen molar-refractivity contribution in [1.29, 1.82) is 0 Å². The summed E-state index contributed by atoms with van der Waals surface area (Å²) in [6, 6.07) is 6.41. The van der Waals surface area contributed by atoms with E-state index in [1.54, 1.807) is 14.2 Å². The summed E-state index contributed by atoms with van der Waals surface area (Å²) >= 11 is 0. The average Bonchev–Trinajstić information content (AvgIpc) is 3.26. The standard InChI is InChI=1S/C19H30N2O2/c1-22-16-7-8-19(23-2)18(12-16)21-10-9-14(13-21)11-17(20)15-5-3-4-6-15/h7-8,12,14-15,17H,3-6,9-11,13,20H2,1-2H3. The fourth-order valence-corrected chi connectivity index (χ4v) is 4.25. The molecule has 128 valence electrons. The van der Waals surface area contributed by atoms with Crippen molar-refractivity contribution in [1.82, 2.24) is 0 Å². The van der Waals surface area contributed by atoms with Crippen molar-refractivity contribution < 1.29 is 9.47 Å². The van der Waals surface area contributed by atoms with Gasteiger partial charge in [0, 0.05) is 25.2 Å². The molecular formula is C19H30N2O2. The minimum Gasteiger partial charge on any atom is -0.497 e. The number of methoxy groups -OCH3 is 2. The van der Waals surface area contributed by atoms with Crippen molar-refractivity contribution in [2.24, 2.45) is 17.6 Å². The molecule has 0 radical (unpaired) electrons. The van der Waals surface area contributed by atoms with Crippen LogP contribution in [-0.4, -0.2) is 33.4 Å². The Bertz CT molecular complexity index is 514. The van der Waals surface area contributed by atoms with Gasteiger partial charge in [-0.15, -0.1) is 0 Å². The highest BCUT2D eigenvalue weighted by Crippen LogP contribution is 2.37. The molecule has 23 heavy (non-hydrogen) atoms. The van der Waals surface area contributed by atoms with Gasteiger partial charge in [0.05, 0.1) is 19.9 Å². The van der Waals surface area contributed by atoms with Crippen molar-refractivity contribution >= 4 is 5.69 Å². The minimum atomic E-state index is 0.384. The van der Waals surface area contributed by atoms with Crippen LogP contribution in [-0.2, 0) is 0 Å². The molecule has 2 atom stereocenters. The Morgan fingerprint density at radius 2 is 1.96 bits per heavy atom. The first-order valence-corrected chi connectivity index (χ1v) is 8.93. The van der Waals surface area contributed by atoms with E-state index in [-0.39, 0.29) is 0 Å². The maximum absolute atomic E-state index is 6.48. The van der Waals surface area contributed by atoms with Crippen LogP contribution in [0.3, 0.4) is 0 Å².